The lowest BCUT2D eigenvalue weighted by molar-refractivity contribution is 0.616. The molecule has 0 atom stereocenters. The van der Waals surface area contributed by atoms with Crippen molar-refractivity contribution in [3.63, 3.8) is 0 Å². The Balaban J connectivity index is 1.14. The number of anilines is 3. The third-order valence-corrected chi connectivity index (χ3v) is 13.1. The van der Waals surface area contributed by atoms with Gasteiger partial charge in [0.05, 0.1) is 22.8 Å². The third kappa shape index (κ3) is 4.76. The van der Waals surface area contributed by atoms with Crippen LogP contribution in [0.3, 0.4) is 0 Å². The Bertz CT molecular complexity index is 3120. The molecule has 0 unspecified atom stereocenters. The number of hydrogen-bond donors (Lipinski definition) is 0. The average Bonchev–Trinajstić information content (AvgIpc) is 4.01. The van der Waals surface area contributed by atoms with Gasteiger partial charge in [0.2, 0.25) is 0 Å². The van der Waals surface area contributed by atoms with Gasteiger partial charge in [-0.15, -0.1) is 0 Å². The van der Waals surface area contributed by atoms with E-state index in [4.69, 9.17) is 4.42 Å². The molecule has 2 heteroatoms. The molecule has 2 aliphatic carbocycles. The Morgan fingerprint density at radius 1 is 0.317 bits per heavy atom. The van der Waals surface area contributed by atoms with Gasteiger partial charge < -0.3 is 9.32 Å². The first kappa shape index (κ1) is 34.4. The van der Waals surface area contributed by atoms with Crippen molar-refractivity contribution in [2.45, 2.75) is 10.8 Å². The molecule has 10 aromatic rings. The first-order chi connectivity index (χ1) is 29.8. The van der Waals surface area contributed by atoms with Gasteiger partial charge in [-0.1, -0.05) is 194 Å². The van der Waals surface area contributed by atoms with Crippen molar-refractivity contribution in [2.24, 2.45) is 0 Å². The van der Waals surface area contributed by atoms with E-state index in [1.54, 1.807) is 6.26 Å². The van der Waals surface area contributed by atoms with Gasteiger partial charge in [-0.25, -0.2) is 0 Å². The molecule has 1 aromatic heterocycles. The quantitative estimate of drug-likeness (QED) is 0.161. The van der Waals surface area contributed by atoms with Gasteiger partial charge in [-0.05, 0) is 103 Å². The van der Waals surface area contributed by atoms with E-state index in [1.165, 1.54) is 66.8 Å². The SMILES string of the molecule is c1ccc(C2(c3ccccc3)c3ccccc3-c3cc(N(c4ccc5c(c4)C(c4ccccc4)(c4ccccc4)c4ccccc4-5)c4cccc5ccoc45)ccc32)cc1. The van der Waals surface area contributed by atoms with Crippen molar-refractivity contribution in [1.29, 1.82) is 0 Å². The summed E-state index contributed by atoms with van der Waals surface area (Å²) >= 11 is 0. The lowest BCUT2D eigenvalue weighted by Gasteiger charge is -2.35. The summed E-state index contributed by atoms with van der Waals surface area (Å²) < 4.78 is 6.35. The first-order valence-corrected chi connectivity index (χ1v) is 20.8. The van der Waals surface area contributed by atoms with E-state index in [9.17, 15) is 0 Å². The van der Waals surface area contributed by atoms with Crippen LogP contribution < -0.4 is 4.90 Å². The second-order valence-corrected chi connectivity index (χ2v) is 16.0. The largest absolute Gasteiger partial charge is 0.462 e. The molecule has 282 valence electrons. The minimum absolute atomic E-state index is 0.483. The summed E-state index contributed by atoms with van der Waals surface area (Å²) in [5, 5.41) is 1.06. The average molecular weight is 766 g/mol. The van der Waals surface area contributed by atoms with E-state index in [0.29, 0.717) is 0 Å². The van der Waals surface area contributed by atoms with Crippen LogP contribution in [0.4, 0.5) is 17.1 Å². The van der Waals surface area contributed by atoms with Gasteiger partial charge in [0, 0.05) is 16.8 Å². The van der Waals surface area contributed by atoms with Crippen LogP contribution in [0.5, 0.6) is 0 Å². The maximum Gasteiger partial charge on any atom is 0.157 e. The molecule has 0 saturated carbocycles. The standard InChI is InChI=1S/C58H39NO/c1-5-19-41(20-6-1)57(42-21-7-2-8-22-42)52-30-16-14-28-48(52)50-38-45(33-35-53(50)57)59(55-31-17-18-40-36-37-60-56(40)55)46-32-34-49-47-27-13-15-29-51(47)58(54(49)39-46,43-23-9-3-10-24-43)44-25-11-4-12-26-44/h1-39H. The zero-order chi connectivity index (χ0) is 39.7. The molecule has 0 amide bonds. The monoisotopic (exact) mass is 765 g/mol. The summed E-state index contributed by atoms with van der Waals surface area (Å²) in [7, 11) is 0. The van der Waals surface area contributed by atoms with Crippen molar-refractivity contribution in [1.82, 2.24) is 0 Å². The Morgan fingerprint density at radius 2 is 0.767 bits per heavy atom. The number of nitrogens with zero attached hydrogens (tertiary/aromatic N) is 1. The van der Waals surface area contributed by atoms with Crippen LogP contribution >= 0.6 is 0 Å². The summed E-state index contributed by atoms with van der Waals surface area (Å²) in [5.41, 5.74) is 18.0. The Morgan fingerprint density at radius 3 is 1.35 bits per heavy atom. The number of para-hydroxylation sites is 1. The molecule has 0 saturated heterocycles. The predicted octanol–water partition coefficient (Wildman–Crippen LogP) is 14.6. The zero-order valence-corrected chi connectivity index (χ0v) is 32.9. The van der Waals surface area contributed by atoms with Crippen LogP contribution in [0.2, 0.25) is 0 Å². The van der Waals surface area contributed by atoms with E-state index < -0.39 is 10.8 Å². The Labute approximate surface area is 350 Å². The van der Waals surface area contributed by atoms with E-state index in [2.05, 4.69) is 235 Å². The lowest BCUT2D eigenvalue weighted by Crippen LogP contribution is -2.29. The predicted molar refractivity (Wildman–Crippen MR) is 246 cm³/mol. The summed E-state index contributed by atoms with van der Waals surface area (Å²) in [4.78, 5) is 2.41. The van der Waals surface area contributed by atoms with E-state index >= 15 is 0 Å². The van der Waals surface area contributed by atoms with E-state index in [-0.39, 0.29) is 0 Å². The van der Waals surface area contributed by atoms with Crippen LogP contribution in [0.15, 0.2) is 241 Å². The number of benzene rings is 9. The van der Waals surface area contributed by atoms with Crippen molar-refractivity contribution in [3.05, 3.63) is 281 Å². The van der Waals surface area contributed by atoms with E-state index in [1.807, 2.05) is 0 Å². The Kier molecular flexibility index (Phi) is 7.70. The molecule has 0 fully saturated rings. The number of fused-ring (bicyclic) bond motifs is 7. The van der Waals surface area contributed by atoms with Gasteiger partial charge in [0.15, 0.2) is 5.58 Å². The molecule has 2 aliphatic rings. The smallest absolute Gasteiger partial charge is 0.157 e. The minimum atomic E-state index is -0.533. The fourth-order valence-electron chi connectivity index (χ4n) is 10.7. The van der Waals surface area contributed by atoms with Gasteiger partial charge in [0.1, 0.15) is 0 Å². The van der Waals surface area contributed by atoms with Crippen LogP contribution in [0.1, 0.15) is 44.5 Å². The molecule has 0 spiro atoms. The summed E-state index contributed by atoms with van der Waals surface area (Å²) in [6, 6.07) is 84.7. The van der Waals surface area contributed by atoms with E-state index in [0.717, 1.165) is 28.0 Å². The Hall–Kier alpha value is -7.68. The fraction of sp³-hybridized carbons (Fsp3) is 0.0345. The number of hydrogen-bond acceptors (Lipinski definition) is 2. The van der Waals surface area contributed by atoms with Gasteiger partial charge >= 0.3 is 0 Å². The normalized spacial score (nSPS) is 13.9. The van der Waals surface area contributed by atoms with Crippen LogP contribution in [0.25, 0.3) is 33.2 Å². The minimum Gasteiger partial charge on any atom is -0.462 e. The third-order valence-electron chi connectivity index (χ3n) is 13.1. The van der Waals surface area contributed by atoms with Gasteiger partial charge in [-0.3, -0.25) is 0 Å². The molecular formula is C58H39NO. The molecular weight excluding hydrogens is 727 g/mol. The lowest BCUT2D eigenvalue weighted by atomic mass is 9.67. The summed E-state index contributed by atoms with van der Waals surface area (Å²) in [6.07, 6.45) is 1.80. The molecule has 0 N–H and O–H groups in total. The number of furan rings is 1. The second-order valence-electron chi connectivity index (χ2n) is 16.0. The molecule has 0 aliphatic heterocycles. The molecule has 0 bridgehead atoms. The zero-order valence-electron chi connectivity index (χ0n) is 32.9. The molecule has 1 heterocycles. The van der Waals surface area contributed by atoms with Crippen LogP contribution in [0, 0.1) is 0 Å². The molecule has 9 aromatic carbocycles. The van der Waals surface area contributed by atoms with Crippen molar-refractivity contribution >= 4 is 28.0 Å². The fourth-order valence-corrected chi connectivity index (χ4v) is 10.7. The van der Waals surface area contributed by atoms with Crippen molar-refractivity contribution in [2.75, 3.05) is 4.90 Å². The van der Waals surface area contributed by atoms with Crippen molar-refractivity contribution in [3.8, 4) is 22.3 Å². The highest BCUT2D eigenvalue weighted by molar-refractivity contribution is 5.98. The highest BCUT2D eigenvalue weighted by Gasteiger charge is 2.48. The van der Waals surface area contributed by atoms with Gasteiger partial charge in [-0.2, -0.15) is 0 Å². The molecule has 2 nitrogen and oxygen atoms in total. The summed E-state index contributed by atoms with van der Waals surface area (Å²) in [6.45, 7) is 0. The topological polar surface area (TPSA) is 16.4 Å². The molecule has 0 radical (unpaired) electrons. The van der Waals surface area contributed by atoms with Crippen LogP contribution in [-0.2, 0) is 10.8 Å². The first-order valence-electron chi connectivity index (χ1n) is 20.8. The molecule has 60 heavy (non-hydrogen) atoms. The molecule has 12 rings (SSSR count). The maximum absolute atomic E-state index is 6.35. The highest BCUT2D eigenvalue weighted by atomic mass is 16.3. The summed E-state index contributed by atoms with van der Waals surface area (Å²) in [5.74, 6) is 0. The number of rotatable bonds is 7. The van der Waals surface area contributed by atoms with Crippen molar-refractivity contribution < 1.29 is 4.42 Å². The highest BCUT2D eigenvalue weighted by Crippen LogP contribution is 2.59. The van der Waals surface area contributed by atoms with Gasteiger partial charge in [0.25, 0.3) is 0 Å². The second kappa shape index (κ2) is 13.4. The van der Waals surface area contributed by atoms with Crippen LogP contribution in [-0.4, -0.2) is 0 Å². The maximum atomic E-state index is 6.35.